The molecule has 2 fully saturated rings. The Kier molecular flexibility index (Phi) is 3.73. The van der Waals surface area contributed by atoms with Gasteiger partial charge in [-0.25, -0.2) is 14.4 Å². The Bertz CT molecular complexity index is 1060. The van der Waals surface area contributed by atoms with Crippen molar-refractivity contribution in [3.63, 3.8) is 0 Å². The van der Waals surface area contributed by atoms with E-state index in [0.29, 0.717) is 23.7 Å². The van der Waals surface area contributed by atoms with Crippen molar-refractivity contribution in [1.29, 1.82) is 0 Å². The second-order valence-electron chi connectivity index (χ2n) is 8.41. The SMILES string of the molecule is CC1(C)CC1(O)C1CN(c2ccc(F)c(-c3[nH]nc4ncccc34)n2)CCN1.[HH].[HH]. The molecule has 1 saturated heterocycles. The van der Waals surface area contributed by atoms with E-state index in [1.807, 2.05) is 6.07 Å². The number of nitrogens with zero attached hydrogens (tertiary/aromatic N) is 4. The maximum absolute atomic E-state index is 14.6. The fourth-order valence-electron chi connectivity index (χ4n) is 4.32. The first-order valence-electron chi connectivity index (χ1n) is 9.56. The number of fused-ring (bicyclic) bond motifs is 1. The average molecular weight is 386 g/mol. The highest BCUT2D eigenvalue weighted by Crippen LogP contribution is 2.57. The highest BCUT2D eigenvalue weighted by Gasteiger charge is 2.64. The molecule has 0 spiro atoms. The monoisotopic (exact) mass is 386 g/mol. The first-order chi connectivity index (χ1) is 13.4. The predicted molar refractivity (Wildman–Crippen MR) is 109 cm³/mol. The van der Waals surface area contributed by atoms with Crippen LogP contribution >= 0.6 is 0 Å². The Labute approximate surface area is 165 Å². The lowest BCUT2D eigenvalue weighted by atomic mass is 9.98. The molecule has 0 bridgehead atoms. The highest BCUT2D eigenvalue weighted by atomic mass is 19.1. The first kappa shape index (κ1) is 17.5. The fraction of sp³-hybridized carbons (Fsp3) is 0.450. The van der Waals surface area contributed by atoms with Crippen LogP contribution in [0, 0.1) is 11.2 Å². The predicted octanol–water partition coefficient (Wildman–Crippen LogP) is 2.59. The molecule has 1 aliphatic heterocycles. The molecule has 7 nitrogen and oxygen atoms in total. The van der Waals surface area contributed by atoms with E-state index in [2.05, 4.69) is 44.2 Å². The van der Waals surface area contributed by atoms with E-state index in [1.165, 1.54) is 6.07 Å². The van der Waals surface area contributed by atoms with Crippen molar-refractivity contribution < 1.29 is 12.4 Å². The van der Waals surface area contributed by atoms with Crippen LogP contribution in [0.25, 0.3) is 22.4 Å². The molecule has 4 heterocycles. The van der Waals surface area contributed by atoms with Crippen LogP contribution < -0.4 is 10.2 Å². The van der Waals surface area contributed by atoms with Crippen LogP contribution in [-0.4, -0.2) is 56.5 Å². The maximum atomic E-state index is 14.6. The Hall–Kier alpha value is -2.58. The summed E-state index contributed by atoms with van der Waals surface area (Å²) in [6.07, 6.45) is 2.43. The van der Waals surface area contributed by atoms with Crippen LogP contribution in [0.3, 0.4) is 0 Å². The zero-order valence-corrected chi connectivity index (χ0v) is 15.9. The number of anilines is 1. The zero-order valence-electron chi connectivity index (χ0n) is 15.9. The number of rotatable bonds is 3. The van der Waals surface area contributed by atoms with Crippen LogP contribution in [0.1, 0.15) is 23.1 Å². The molecule has 3 N–H and O–H groups in total. The van der Waals surface area contributed by atoms with E-state index in [1.54, 1.807) is 18.3 Å². The maximum Gasteiger partial charge on any atom is 0.181 e. The van der Waals surface area contributed by atoms with Crippen LogP contribution in [0.2, 0.25) is 0 Å². The third-order valence-electron chi connectivity index (χ3n) is 6.23. The lowest BCUT2D eigenvalue weighted by molar-refractivity contribution is 0.0641. The quantitative estimate of drug-likeness (QED) is 0.641. The lowest BCUT2D eigenvalue weighted by Crippen LogP contribution is -2.58. The number of halogens is 1. The zero-order chi connectivity index (χ0) is 19.5. The van der Waals surface area contributed by atoms with Gasteiger partial charge in [0, 0.05) is 34.1 Å². The van der Waals surface area contributed by atoms with Gasteiger partial charge in [0.2, 0.25) is 0 Å². The molecule has 2 unspecified atom stereocenters. The van der Waals surface area contributed by atoms with Gasteiger partial charge < -0.3 is 15.3 Å². The third kappa shape index (κ3) is 2.59. The number of nitrogens with one attached hydrogen (secondary N) is 2. The topological polar surface area (TPSA) is 90.0 Å². The molecule has 0 radical (unpaired) electrons. The average Bonchev–Trinajstić information content (AvgIpc) is 3.03. The van der Waals surface area contributed by atoms with Crippen molar-refractivity contribution in [3.8, 4) is 11.4 Å². The number of hydrogen-bond donors (Lipinski definition) is 3. The minimum Gasteiger partial charge on any atom is -0.388 e. The molecule has 8 heteroatoms. The molecule has 150 valence electrons. The van der Waals surface area contributed by atoms with Gasteiger partial charge in [0.25, 0.3) is 0 Å². The molecule has 28 heavy (non-hydrogen) atoms. The van der Waals surface area contributed by atoms with Crippen molar-refractivity contribution in [2.24, 2.45) is 5.41 Å². The summed E-state index contributed by atoms with van der Waals surface area (Å²) in [5, 5.41) is 22.1. The number of aliphatic hydroxyl groups is 1. The number of pyridine rings is 2. The molecule has 2 aliphatic rings. The van der Waals surface area contributed by atoms with Crippen LogP contribution in [-0.2, 0) is 0 Å². The Morgan fingerprint density at radius 3 is 2.93 bits per heavy atom. The van der Waals surface area contributed by atoms with Crippen molar-refractivity contribution >= 4 is 16.9 Å². The van der Waals surface area contributed by atoms with E-state index in [9.17, 15) is 9.50 Å². The van der Waals surface area contributed by atoms with Crippen LogP contribution in [0.5, 0.6) is 0 Å². The second kappa shape index (κ2) is 5.96. The van der Waals surface area contributed by atoms with Crippen molar-refractivity contribution in [2.45, 2.75) is 31.9 Å². The summed E-state index contributed by atoms with van der Waals surface area (Å²) in [6.45, 7) is 6.28. The molecule has 0 aromatic carbocycles. The molecule has 0 amide bonds. The van der Waals surface area contributed by atoms with Gasteiger partial charge in [-0.3, -0.25) is 5.10 Å². The lowest BCUT2D eigenvalue weighted by Gasteiger charge is -2.38. The smallest absolute Gasteiger partial charge is 0.181 e. The van der Waals surface area contributed by atoms with Gasteiger partial charge in [0.05, 0.1) is 17.3 Å². The van der Waals surface area contributed by atoms with Crippen molar-refractivity contribution in [2.75, 3.05) is 24.5 Å². The van der Waals surface area contributed by atoms with Crippen molar-refractivity contribution in [1.82, 2.24) is 25.5 Å². The molecule has 3 aromatic rings. The Morgan fingerprint density at radius 2 is 2.14 bits per heavy atom. The summed E-state index contributed by atoms with van der Waals surface area (Å²) < 4.78 is 14.6. The van der Waals surface area contributed by atoms with Crippen LogP contribution in [0.4, 0.5) is 10.2 Å². The van der Waals surface area contributed by atoms with Gasteiger partial charge in [-0.05, 0) is 36.1 Å². The second-order valence-corrected chi connectivity index (χ2v) is 8.41. The van der Waals surface area contributed by atoms with Gasteiger partial charge >= 0.3 is 0 Å². The molecular weight excluding hydrogens is 359 g/mol. The summed E-state index contributed by atoms with van der Waals surface area (Å²) in [6, 6.07) is 6.74. The van der Waals surface area contributed by atoms with Gasteiger partial charge in [-0.1, -0.05) is 13.8 Å². The largest absolute Gasteiger partial charge is 0.388 e. The van der Waals surface area contributed by atoms with E-state index < -0.39 is 11.4 Å². The fourth-order valence-corrected chi connectivity index (χ4v) is 4.32. The molecule has 3 aromatic heterocycles. The van der Waals surface area contributed by atoms with Gasteiger partial charge in [-0.15, -0.1) is 0 Å². The molecule has 5 rings (SSSR count). The van der Waals surface area contributed by atoms with Gasteiger partial charge in [0.1, 0.15) is 11.5 Å². The molecular formula is C20H27FN6O. The summed E-state index contributed by atoms with van der Waals surface area (Å²) >= 11 is 0. The minimum absolute atomic E-state index is 0. The first-order valence-corrected chi connectivity index (χ1v) is 9.56. The summed E-state index contributed by atoms with van der Waals surface area (Å²) in [7, 11) is 0. The number of aromatic nitrogens is 4. The molecule has 2 atom stereocenters. The summed E-state index contributed by atoms with van der Waals surface area (Å²) in [4.78, 5) is 10.9. The van der Waals surface area contributed by atoms with Crippen molar-refractivity contribution in [3.05, 3.63) is 36.3 Å². The highest BCUT2D eigenvalue weighted by molar-refractivity contribution is 5.89. The summed E-state index contributed by atoms with van der Waals surface area (Å²) in [5.41, 5.74) is 0.491. The number of piperazine rings is 1. The third-order valence-corrected chi connectivity index (χ3v) is 6.23. The van der Waals surface area contributed by atoms with E-state index >= 15 is 0 Å². The minimum atomic E-state index is -0.709. The number of hydrogen-bond acceptors (Lipinski definition) is 6. The van der Waals surface area contributed by atoms with Gasteiger partial charge in [-0.2, -0.15) is 5.10 Å². The number of aromatic amines is 1. The standard InChI is InChI=1S/C20H23FN6O.2H2/c1-19(2)11-20(19,28)14-10-27(9-8-22-14)15-6-5-13(21)17(24-15)16-12-4-3-7-23-18(12)26-25-16;;/h3-7,14,22,28H,8-11H2,1-2H3,(H,23,25,26);2*1H. The summed E-state index contributed by atoms with van der Waals surface area (Å²) in [5.74, 6) is 0.281. The Balaban J connectivity index is 0.00000128. The van der Waals surface area contributed by atoms with E-state index in [4.69, 9.17) is 0 Å². The normalized spacial score (nSPS) is 26.6. The van der Waals surface area contributed by atoms with Gasteiger partial charge in [0.15, 0.2) is 11.5 Å². The van der Waals surface area contributed by atoms with E-state index in [0.717, 1.165) is 24.9 Å². The molecule has 1 saturated carbocycles. The Morgan fingerprint density at radius 1 is 1.32 bits per heavy atom. The number of H-pyrrole nitrogens is 1. The molecule has 1 aliphatic carbocycles. The van der Waals surface area contributed by atoms with Crippen LogP contribution in [0.15, 0.2) is 30.5 Å². The van der Waals surface area contributed by atoms with E-state index in [-0.39, 0.29) is 20.0 Å².